The van der Waals surface area contributed by atoms with Gasteiger partial charge in [0.15, 0.2) is 0 Å². The van der Waals surface area contributed by atoms with Gasteiger partial charge < -0.3 is 10.4 Å². The third kappa shape index (κ3) is 4.21. The van der Waals surface area contributed by atoms with E-state index in [1.807, 2.05) is 6.92 Å². The van der Waals surface area contributed by atoms with Gasteiger partial charge >= 0.3 is 5.97 Å². The summed E-state index contributed by atoms with van der Waals surface area (Å²) in [4.78, 5) is 23.3. The molecule has 0 spiro atoms. The standard InChI is InChI=1S/C16H20ClNO3/c1-11-8-12(17)4-5-13(11)18-14(19)9-16(10-15(20)21)6-2-3-7-16/h4-5,8H,2-3,6-7,9-10H2,1H3,(H,18,19)(H,20,21). The van der Waals surface area contributed by atoms with Crippen LogP contribution in [0.2, 0.25) is 5.02 Å². The van der Waals surface area contributed by atoms with Gasteiger partial charge in [0.1, 0.15) is 0 Å². The predicted octanol–water partition coefficient (Wildman–Crippen LogP) is 4.01. The third-order valence-electron chi connectivity index (χ3n) is 4.19. The van der Waals surface area contributed by atoms with Crippen LogP contribution >= 0.6 is 11.6 Å². The zero-order valence-electron chi connectivity index (χ0n) is 12.1. The molecule has 1 amide bonds. The number of nitrogens with one attached hydrogen (secondary N) is 1. The summed E-state index contributed by atoms with van der Waals surface area (Å²) < 4.78 is 0. The number of halogens is 1. The van der Waals surface area contributed by atoms with E-state index < -0.39 is 5.97 Å². The van der Waals surface area contributed by atoms with Crippen molar-refractivity contribution in [3.8, 4) is 0 Å². The van der Waals surface area contributed by atoms with Crippen molar-refractivity contribution >= 4 is 29.2 Å². The zero-order valence-corrected chi connectivity index (χ0v) is 12.9. The molecule has 0 unspecified atom stereocenters. The maximum absolute atomic E-state index is 12.3. The zero-order chi connectivity index (χ0) is 15.5. The van der Waals surface area contributed by atoms with Gasteiger partial charge in [0.2, 0.25) is 5.91 Å². The Morgan fingerprint density at radius 1 is 1.29 bits per heavy atom. The van der Waals surface area contributed by atoms with Crippen LogP contribution < -0.4 is 5.32 Å². The van der Waals surface area contributed by atoms with Gasteiger partial charge in [-0.25, -0.2) is 0 Å². The van der Waals surface area contributed by atoms with Gasteiger partial charge in [0.25, 0.3) is 0 Å². The van der Waals surface area contributed by atoms with Gasteiger partial charge in [-0.3, -0.25) is 9.59 Å². The molecule has 5 heteroatoms. The van der Waals surface area contributed by atoms with Crippen molar-refractivity contribution in [2.75, 3.05) is 5.32 Å². The van der Waals surface area contributed by atoms with Crippen LogP contribution in [0.5, 0.6) is 0 Å². The van der Waals surface area contributed by atoms with Gasteiger partial charge in [-0.15, -0.1) is 0 Å². The first kappa shape index (κ1) is 15.8. The minimum absolute atomic E-state index is 0.0695. The molecule has 1 saturated carbocycles. The van der Waals surface area contributed by atoms with Gasteiger partial charge in [-0.05, 0) is 48.9 Å². The minimum Gasteiger partial charge on any atom is -0.481 e. The molecular weight excluding hydrogens is 290 g/mol. The lowest BCUT2D eigenvalue weighted by Gasteiger charge is -2.26. The lowest BCUT2D eigenvalue weighted by molar-refractivity contribution is -0.140. The van der Waals surface area contributed by atoms with Crippen molar-refractivity contribution in [1.82, 2.24) is 0 Å². The van der Waals surface area contributed by atoms with Crippen molar-refractivity contribution in [2.24, 2.45) is 5.41 Å². The molecule has 114 valence electrons. The first-order valence-corrected chi connectivity index (χ1v) is 7.56. The number of benzene rings is 1. The Kier molecular flexibility index (Phi) is 4.88. The smallest absolute Gasteiger partial charge is 0.303 e. The molecule has 21 heavy (non-hydrogen) atoms. The molecule has 0 radical (unpaired) electrons. The maximum atomic E-state index is 12.3. The maximum Gasteiger partial charge on any atom is 0.303 e. The summed E-state index contributed by atoms with van der Waals surface area (Å²) >= 11 is 5.89. The normalized spacial score (nSPS) is 16.7. The van der Waals surface area contributed by atoms with E-state index in [-0.39, 0.29) is 24.2 Å². The van der Waals surface area contributed by atoms with E-state index in [0.717, 1.165) is 36.9 Å². The quantitative estimate of drug-likeness (QED) is 0.863. The number of anilines is 1. The monoisotopic (exact) mass is 309 g/mol. The van der Waals surface area contributed by atoms with Gasteiger partial charge in [-0.1, -0.05) is 24.4 Å². The number of hydrogen-bond donors (Lipinski definition) is 2. The van der Waals surface area contributed by atoms with Gasteiger partial charge in [0, 0.05) is 17.1 Å². The summed E-state index contributed by atoms with van der Waals surface area (Å²) in [7, 11) is 0. The Morgan fingerprint density at radius 3 is 2.52 bits per heavy atom. The van der Waals surface area contributed by atoms with Crippen molar-refractivity contribution in [3.05, 3.63) is 28.8 Å². The highest BCUT2D eigenvalue weighted by atomic mass is 35.5. The highest BCUT2D eigenvalue weighted by Crippen LogP contribution is 2.44. The topological polar surface area (TPSA) is 66.4 Å². The molecule has 1 fully saturated rings. The van der Waals surface area contributed by atoms with Crippen LogP contribution in [0.25, 0.3) is 0 Å². The van der Waals surface area contributed by atoms with Crippen molar-refractivity contribution in [1.29, 1.82) is 0 Å². The molecule has 4 nitrogen and oxygen atoms in total. The van der Waals surface area contributed by atoms with Crippen molar-refractivity contribution in [3.63, 3.8) is 0 Å². The van der Waals surface area contributed by atoms with E-state index in [0.29, 0.717) is 5.02 Å². The predicted molar refractivity (Wildman–Crippen MR) is 82.6 cm³/mol. The molecule has 1 aromatic carbocycles. The van der Waals surface area contributed by atoms with E-state index in [2.05, 4.69) is 5.32 Å². The summed E-state index contributed by atoms with van der Waals surface area (Å²) in [5.41, 5.74) is 1.25. The molecule has 1 aliphatic rings. The first-order valence-electron chi connectivity index (χ1n) is 7.18. The van der Waals surface area contributed by atoms with E-state index in [1.165, 1.54) is 0 Å². The van der Waals surface area contributed by atoms with Crippen LogP contribution in [0.4, 0.5) is 5.69 Å². The summed E-state index contributed by atoms with van der Waals surface area (Å²) in [5, 5.41) is 12.6. The molecule has 1 aromatic rings. The summed E-state index contributed by atoms with van der Waals surface area (Å²) in [6, 6.07) is 5.29. The van der Waals surface area contributed by atoms with E-state index in [1.54, 1.807) is 18.2 Å². The average molecular weight is 310 g/mol. The number of carbonyl (C=O) groups is 2. The second-order valence-corrected chi connectivity index (χ2v) is 6.40. The first-order chi connectivity index (χ1) is 9.90. The number of hydrogen-bond acceptors (Lipinski definition) is 2. The Morgan fingerprint density at radius 2 is 1.95 bits per heavy atom. The second-order valence-electron chi connectivity index (χ2n) is 5.96. The van der Waals surface area contributed by atoms with E-state index in [4.69, 9.17) is 16.7 Å². The fourth-order valence-corrected chi connectivity index (χ4v) is 3.39. The Balaban J connectivity index is 2.04. The lowest BCUT2D eigenvalue weighted by atomic mass is 9.79. The number of amides is 1. The number of carboxylic acids is 1. The Hall–Kier alpha value is -1.55. The van der Waals surface area contributed by atoms with Crippen molar-refractivity contribution in [2.45, 2.75) is 45.4 Å². The molecule has 0 aliphatic heterocycles. The third-order valence-corrected chi connectivity index (χ3v) is 4.42. The molecule has 0 bridgehead atoms. The lowest BCUT2D eigenvalue weighted by Crippen LogP contribution is -2.27. The fraction of sp³-hybridized carbons (Fsp3) is 0.500. The van der Waals surface area contributed by atoms with Crippen LogP contribution in [-0.2, 0) is 9.59 Å². The molecule has 0 saturated heterocycles. The number of rotatable bonds is 5. The van der Waals surface area contributed by atoms with Crippen LogP contribution in [0.3, 0.4) is 0 Å². The largest absolute Gasteiger partial charge is 0.481 e. The van der Waals surface area contributed by atoms with Crippen LogP contribution in [-0.4, -0.2) is 17.0 Å². The van der Waals surface area contributed by atoms with Crippen LogP contribution in [0, 0.1) is 12.3 Å². The number of aryl methyl sites for hydroxylation is 1. The number of carbonyl (C=O) groups excluding carboxylic acids is 1. The summed E-state index contributed by atoms with van der Waals surface area (Å²) in [6.07, 6.45) is 3.96. The molecule has 0 heterocycles. The Labute approximate surface area is 129 Å². The molecule has 0 atom stereocenters. The van der Waals surface area contributed by atoms with Gasteiger partial charge in [-0.2, -0.15) is 0 Å². The molecule has 1 aliphatic carbocycles. The molecule has 0 aromatic heterocycles. The second kappa shape index (κ2) is 6.48. The minimum atomic E-state index is -0.827. The number of carboxylic acid groups (broad SMARTS) is 1. The van der Waals surface area contributed by atoms with E-state index >= 15 is 0 Å². The van der Waals surface area contributed by atoms with Crippen LogP contribution in [0.1, 0.15) is 44.1 Å². The van der Waals surface area contributed by atoms with Crippen LogP contribution in [0.15, 0.2) is 18.2 Å². The fourth-order valence-electron chi connectivity index (χ4n) is 3.16. The summed E-state index contributed by atoms with van der Waals surface area (Å²) in [6.45, 7) is 1.88. The Bertz CT molecular complexity index is 550. The highest BCUT2D eigenvalue weighted by Gasteiger charge is 2.38. The highest BCUT2D eigenvalue weighted by molar-refractivity contribution is 6.30. The summed E-state index contributed by atoms with van der Waals surface area (Å²) in [5.74, 6) is -0.948. The van der Waals surface area contributed by atoms with E-state index in [9.17, 15) is 9.59 Å². The average Bonchev–Trinajstić information content (AvgIpc) is 2.80. The SMILES string of the molecule is Cc1cc(Cl)ccc1NC(=O)CC1(CC(=O)O)CCCC1. The molecular formula is C16H20ClNO3. The van der Waals surface area contributed by atoms with Gasteiger partial charge in [0.05, 0.1) is 6.42 Å². The van der Waals surface area contributed by atoms with Crippen molar-refractivity contribution < 1.29 is 14.7 Å². The molecule has 2 rings (SSSR count). The number of aliphatic carboxylic acids is 1. The molecule has 2 N–H and O–H groups in total.